The van der Waals surface area contributed by atoms with E-state index in [1.165, 1.54) is 37.8 Å². The lowest BCUT2D eigenvalue weighted by Crippen LogP contribution is -2.26. The monoisotopic (exact) mass is 237 g/mol. The summed E-state index contributed by atoms with van der Waals surface area (Å²) in [6, 6.07) is 6.17. The molecule has 0 amide bonds. The molecule has 1 saturated carbocycles. The molecular weight excluding hydrogens is 217 g/mol. The Hall–Kier alpha value is -0.930. The SMILES string of the molecule is OC(CNCC1CCCC1)c1cccc(F)c1. The van der Waals surface area contributed by atoms with E-state index in [1.807, 2.05) is 0 Å². The van der Waals surface area contributed by atoms with Gasteiger partial charge in [-0.2, -0.15) is 0 Å². The van der Waals surface area contributed by atoms with E-state index in [4.69, 9.17) is 0 Å². The van der Waals surface area contributed by atoms with Crippen LogP contribution in [0, 0.1) is 11.7 Å². The van der Waals surface area contributed by atoms with Gasteiger partial charge in [-0.25, -0.2) is 4.39 Å². The summed E-state index contributed by atoms with van der Waals surface area (Å²) in [6.07, 6.45) is 4.64. The maximum Gasteiger partial charge on any atom is 0.123 e. The summed E-state index contributed by atoms with van der Waals surface area (Å²) in [6.45, 7) is 1.46. The number of aliphatic hydroxyl groups is 1. The fourth-order valence-electron chi connectivity index (χ4n) is 2.47. The van der Waals surface area contributed by atoms with Crippen molar-refractivity contribution < 1.29 is 9.50 Å². The Morgan fingerprint density at radius 2 is 2.12 bits per heavy atom. The van der Waals surface area contributed by atoms with E-state index in [0.29, 0.717) is 12.1 Å². The average molecular weight is 237 g/mol. The zero-order chi connectivity index (χ0) is 12.1. The topological polar surface area (TPSA) is 32.3 Å². The van der Waals surface area contributed by atoms with Crippen LogP contribution in [0.4, 0.5) is 4.39 Å². The van der Waals surface area contributed by atoms with Gasteiger partial charge in [-0.05, 0) is 43.0 Å². The van der Waals surface area contributed by atoms with E-state index in [-0.39, 0.29) is 5.82 Å². The van der Waals surface area contributed by atoms with Gasteiger partial charge in [0.25, 0.3) is 0 Å². The highest BCUT2D eigenvalue weighted by molar-refractivity contribution is 5.18. The van der Waals surface area contributed by atoms with Gasteiger partial charge in [0.1, 0.15) is 5.82 Å². The Morgan fingerprint density at radius 3 is 2.82 bits per heavy atom. The van der Waals surface area contributed by atoms with E-state index >= 15 is 0 Å². The zero-order valence-electron chi connectivity index (χ0n) is 10.0. The fraction of sp³-hybridized carbons (Fsp3) is 0.571. The van der Waals surface area contributed by atoms with Crippen molar-refractivity contribution in [3.8, 4) is 0 Å². The van der Waals surface area contributed by atoms with Crippen LogP contribution < -0.4 is 5.32 Å². The molecule has 0 aromatic heterocycles. The Bertz CT molecular complexity index is 350. The van der Waals surface area contributed by atoms with Crippen LogP contribution >= 0.6 is 0 Å². The molecule has 2 nitrogen and oxygen atoms in total. The molecule has 1 aromatic carbocycles. The number of rotatable bonds is 5. The highest BCUT2D eigenvalue weighted by atomic mass is 19.1. The molecule has 2 N–H and O–H groups in total. The first-order valence-electron chi connectivity index (χ1n) is 6.40. The molecule has 0 heterocycles. The van der Waals surface area contributed by atoms with Crippen LogP contribution in [0.25, 0.3) is 0 Å². The third-order valence-electron chi connectivity index (χ3n) is 3.48. The number of hydrogen-bond acceptors (Lipinski definition) is 2. The van der Waals surface area contributed by atoms with E-state index in [9.17, 15) is 9.50 Å². The van der Waals surface area contributed by atoms with Crippen molar-refractivity contribution in [3.05, 3.63) is 35.6 Å². The van der Waals surface area contributed by atoms with E-state index in [1.54, 1.807) is 12.1 Å². The largest absolute Gasteiger partial charge is 0.387 e. The van der Waals surface area contributed by atoms with E-state index in [2.05, 4.69) is 5.32 Å². The predicted molar refractivity (Wildman–Crippen MR) is 66.2 cm³/mol. The molecule has 2 rings (SSSR count). The van der Waals surface area contributed by atoms with Crippen LogP contribution in [-0.4, -0.2) is 18.2 Å². The molecule has 1 unspecified atom stereocenters. The molecule has 3 heteroatoms. The highest BCUT2D eigenvalue weighted by Gasteiger charge is 2.15. The van der Waals surface area contributed by atoms with Gasteiger partial charge in [-0.15, -0.1) is 0 Å². The third-order valence-corrected chi connectivity index (χ3v) is 3.48. The van der Waals surface area contributed by atoms with Gasteiger partial charge in [-0.3, -0.25) is 0 Å². The molecular formula is C14H20FNO. The van der Waals surface area contributed by atoms with Gasteiger partial charge >= 0.3 is 0 Å². The number of nitrogens with one attached hydrogen (secondary N) is 1. The Morgan fingerprint density at radius 1 is 1.35 bits per heavy atom. The standard InChI is InChI=1S/C14H20FNO/c15-13-7-3-6-12(8-13)14(17)10-16-9-11-4-1-2-5-11/h3,6-8,11,14,16-17H,1-2,4-5,9-10H2. The van der Waals surface area contributed by atoms with Gasteiger partial charge in [-0.1, -0.05) is 25.0 Å². The van der Waals surface area contributed by atoms with E-state index in [0.717, 1.165) is 12.5 Å². The Kier molecular flexibility index (Phi) is 4.51. The van der Waals surface area contributed by atoms with Crippen LogP contribution in [0.5, 0.6) is 0 Å². The normalized spacial score (nSPS) is 18.5. The summed E-state index contributed by atoms with van der Waals surface area (Å²) >= 11 is 0. The Labute approximate surface area is 102 Å². The minimum absolute atomic E-state index is 0.294. The lowest BCUT2D eigenvalue weighted by atomic mass is 10.1. The zero-order valence-corrected chi connectivity index (χ0v) is 10.0. The van der Waals surface area contributed by atoms with Crippen molar-refractivity contribution in [1.29, 1.82) is 0 Å². The van der Waals surface area contributed by atoms with Gasteiger partial charge in [0.05, 0.1) is 6.10 Å². The lowest BCUT2D eigenvalue weighted by Gasteiger charge is -2.14. The smallest absolute Gasteiger partial charge is 0.123 e. The van der Waals surface area contributed by atoms with Crippen molar-refractivity contribution >= 4 is 0 Å². The van der Waals surface area contributed by atoms with Crippen LogP contribution in [0.3, 0.4) is 0 Å². The predicted octanol–water partition coefficient (Wildman–Crippen LogP) is 2.64. The quantitative estimate of drug-likeness (QED) is 0.825. The minimum Gasteiger partial charge on any atom is -0.387 e. The average Bonchev–Trinajstić information content (AvgIpc) is 2.82. The summed E-state index contributed by atoms with van der Waals surface area (Å²) in [5.41, 5.74) is 0.643. The van der Waals surface area contributed by atoms with Crippen LogP contribution in [0.15, 0.2) is 24.3 Å². The molecule has 0 aliphatic heterocycles. The molecule has 1 aliphatic carbocycles. The van der Waals surface area contributed by atoms with Crippen molar-refractivity contribution in [1.82, 2.24) is 5.32 Å². The van der Waals surface area contributed by atoms with Crippen molar-refractivity contribution in [2.24, 2.45) is 5.92 Å². The van der Waals surface area contributed by atoms with Crippen LogP contribution in [0.1, 0.15) is 37.4 Å². The molecule has 1 aliphatic rings. The highest BCUT2D eigenvalue weighted by Crippen LogP contribution is 2.23. The second-order valence-electron chi connectivity index (χ2n) is 4.88. The second kappa shape index (κ2) is 6.12. The number of benzene rings is 1. The molecule has 0 spiro atoms. The molecule has 17 heavy (non-hydrogen) atoms. The van der Waals surface area contributed by atoms with Crippen LogP contribution in [0.2, 0.25) is 0 Å². The van der Waals surface area contributed by atoms with E-state index < -0.39 is 6.10 Å². The summed E-state index contributed by atoms with van der Waals surface area (Å²) in [5, 5.41) is 13.2. The van der Waals surface area contributed by atoms with Gasteiger partial charge in [0, 0.05) is 6.54 Å². The first-order valence-corrected chi connectivity index (χ1v) is 6.40. The second-order valence-corrected chi connectivity index (χ2v) is 4.88. The summed E-state index contributed by atoms with van der Waals surface area (Å²) < 4.78 is 13.0. The third kappa shape index (κ3) is 3.79. The van der Waals surface area contributed by atoms with Gasteiger partial charge in [0.15, 0.2) is 0 Å². The van der Waals surface area contributed by atoms with Gasteiger partial charge in [0.2, 0.25) is 0 Å². The molecule has 1 atom stereocenters. The maximum atomic E-state index is 13.0. The first-order chi connectivity index (χ1) is 8.25. The number of aliphatic hydroxyl groups excluding tert-OH is 1. The van der Waals surface area contributed by atoms with Crippen molar-refractivity contribution in [2.75, 3.05) is 13.1 Å². The molecule has 0 bridgehead atoms. The molecule has 94 valence electrons. The first kappa shape index (κ1) is 12.5. The summed E-state index contributed by atoms with van der Waals surface area (Å²) in [5.74, 6) is 0.465. The lowest BCUT2D eigenvalue weighted by molar-refractivity contribution is 0.172. The molecule has 0 radical (unpaired) electrons. The Balaban J connectivity index is 1.74. The number of hydrogen-bond donors (Lipinski definition) is 2. The number of halogens is 1. The maximum absolute atomic E-state index is 13.0. The molecule has 1 fully saturated rings. The van der Waals surface area contributed by atoms with Crippen LogP contribution in [-0.2, 0) is 0 Å². The van der Waals surface area contributed by atoms with Crippen molar-refractivity contribution in [3.63, 3.8) is 0 Å². The van der Waals surface area contributed by atoms with Crippen molar-refractivity contribution in [2.45, 2.75) is 31.8 Å². The minimum atomic E-state index is -0.618. The molecule has 1 aromatic rings. The van der Waals surface area contributed by atoms with Gasteiger partial charge < -0.3 is 10.4 Å². The fourth-order valence-corrected chi connectivity index (χ4v) is 2.47. The molecule has 0 saturated heterocycles. The summed E-state index contributed by atoms with van der Waals surface area (Å²) in [7, 11) is 0. The summed E-state index contributed by atoms with van der Waals surface area (Å²) in [4.78, 5) is 0.